The summed E-state index contributed by atoms with van der Waals surface area (Å²) in [6, 6.07) is 6.19. The Balaban J connectivity index is 2.90. The van der Waals surface area contributed by atoms with Crippen molar-refractivity contribution in [2.75, 3.05) is 7.11 Å². The molecule has 0 aliphatic rings. The molecule has 1 N–H and O–H groups in total. The van der Waals surface area contributed by atoms with Crippen molar-refractivity contribution < 1.29 is 14.6 Å². The highest BCUT2D eigenvalue weighted by molar-refractivity contribution is 6.15. The van der Waals surface area contributed by atoms with Gasteiger partial charge in [0.05, 0.1) is 12.7 Å². The molecule has 0 amide bonds. The van der Waals surface area contributed by atoms with Crippen LogP contribution in [0.15, 0.2) is 30.8 Å². The SMILES string of the molecule is C=C(C(=O)OC)c1ccc(O)cc1. The zero-order chi connectivity index (χ0) is 9.84. The van der Waals surface area contributed by atoms with Crippen molar-refractivity contribution in [3.05, 3.63) is 36.4 Å². The minimum absolute atomic E-state index is 0.154. The minimum Gasteiger partial charge on any atom is -0.508 e. The van der Waals surface area contributed by atoms with Crippen molar-refractivity contribution in [1.29, 1.82) is 0 Å². The van der Waals surface area contributed by atoms with Crippen molar-refractivity contribution >= 4 is 11.5 Å². The van der Waals surface area contributed by atoms with Crippen molar-refractivity contribution in [3.63, 3.8) is 0 Å². The van der Waals surface area contributed by atoms with E-state index in [9.17, 15) is 4.79 Å². The Morgan fingerprint density at radius 3 is 2.38 bits per heavy atom. The van der Waals surface area contributed by atoms with Gasteiger partial charge in [-0.25, -0.2) is 4.79 Å². The smallest absolute Gasteiger partial charge is 0.337 e. The maximum Gasteiger partial charge on any atom is 0.337 e. The number of phenols is 1. The predicted molar refractivity (Wildman–Crippen MR) is 49.2 cm³/mol. The Morgan fingerprint density at radius 2 is 1.92 bits per heavy atom. The summed E-state index contributed by atoms with van der Waals surface area (Å²) in [6.45, 7) is 3.57. The van der Waals surface area contributed by atoms with Crippen molar-refractivity contribution in [1.82, 2.24) is 0 Å². The summed E-state index contributed by atoms with van der Waals surface area (Å²) >= 11 is 0. The van der Waals surface area contributed by atoms with Crippen LogP contribution in [0.5, 0.6) is 5.75 Å². The lowest BCUT2D eigenvalue weighted by Gasteiger charge is -2.02. The molecule has 68 valence electrons. The van der Waals surface area contributed by atoms with E-state index < -0.39 is 5.97 Å². The van der Waals surface area contributed by atoms with Gasteiger partial charge in [-0.15, -0.1) is 0 Å². The molecule has 0 atom stereocenters. The topological polar surface area (TPSA) is 46.5 Å². The Morgan fingerprint density at radius 1 is 1.38 bits per heavy atom. The fourth-order valence-corrected chi connectivity index (χ4v) is 0.904. The summed E-state index contributed by atoms with van der Waals surface area (Å²) in [5, 5.41) is 8.99. The molecule has 0 spiro atoms. The third-order valence-electron chi connectivity index (χ3n) is 1.65. The number of phenolic OH excluding ortho intramolecular Hbond substituents is 1. The Bertz CT molecular complexity index is 325. The monoisotopic (exact) mass is 178 g/mol. The number of methoxy groups -OCH3 is 1. The number of carbonyl (C=O) groups excluding carboxylic acids is 1. The minimum atomic E-state index is -0.467. The number of aromatic hydroxyl groups is 1. The van der Waals surface area contributed by atoms with Crippen LogP contribution in [0, 0.1) is 0 Å². The van der Waals surface area contributed by atoms with Gasteiger partial charge in [0.15, 0.2) is 0 Å². The Hall–Kier alpha value is -1.77. The van der Waals surface area contributed by atoms with Gasteiger partial charge in [0.2, 0.25) is 0 Å². The van der Waals surface area contributed by atoms with Crippen LogP contribution >= 0.6 is 0 Å². The molecule has 1 aromatic carbocycles. The van der Waals surface area contributed by atoms with Crippen molar-refractivity contribution in [2.24, 2.45) is 0 Å². The van der Waals surface area contributed by atoms with Crippen LogP contribution in [0.25, 0.3) is 5.57 Å². The number of benzene rings is 1. The second kappa shape index (κ2) is 3.76. The third kappa shape index (κ3) is 2.08. The average molecular weight is 178 g/mol. The summed E-state index contributed by atoms with van der Waals surface area (Å²) in [6.07, 6.45) is 0. The van der Waals surface area contributed by atoms with Gasteiger partial charge in [0.1, 0.15) is 5.75 Å². The van der Waals surface area contributed by atoms with E-state index >= 15 is 0 Å². The lowest BCUT2D eigenvalue weighted by atomic mass is 10.1. The van der Waals surface area contributed by atoms with E-state index in [0.717, 1.165) is 0 Å². The standard InChI is InChI=1S/C10H10O3/c1-7(10(12)13-2)8-3-5-9(11)6-4-8/h3-6,11H,1H2,2H3. The molecular formula is C10H10O3. The van der Waals surface area contributed by atoms with Crippen LogP contribution < -0.4 is 0 Å². The highest BCUT2D eigenvalue weighted by Gasteiger charge is 2.08. The normalized spacial score (nSPS) is 9.31. The molecule has 0 saturated carbocycles. The van der Waals surface area contributed by atoms with Crippen molar-refractivity contribution in [2.45, 2.75) is 0 Å². The van der Waals surface area contributed by atoms with Gasteiger partial charge in [-0.1, -0.05) is 18.7 Å². The number of hydrogen-bond donors (Lipinski definition) is 1. The van der Waals surface area contributed by atoms with Crippen LogP contribution in [0.3, 0.4) is 0 Å². The zero-order valence-corrected chi connectivity index (χ0v) is 7.28. The molecule has 0 saturated heterocycles. The number of rotatable bonds is 2. The number of carbonyl (C=O) groups is 1. The van der Waals surface area contributed by atoms with Gasteiger partial charge >= 0.3 is 5.97 Å². The summed E-state index contributed by atoms with van der Waals surface area (Å²) in [5.74, 6) is -0.313. The fourth-order valence-electron chi connectivity index (χ4n) is 0.904. The molecule has 0 bridgehead atoms. The molecule has 3 heteroatoms. The summed E-state index contributed by atoms with van der Waals surface area (Å²) in [5.41, 5.74) is 0.923. The molecule has 1 aromatic rings. The zero-order valence-electron chi connectivity index (χ0n) is 7.28. The molecule has 1 rings (SSSR count). The molecule has 0 unspecified atom stereocenters. The number of ether oxygens (including phenoxy) is 1. The molecular weight excluding hydrogens is 168 g/mol. The van der Waals surface area contributed by atoms with Gasteiger partial charge in [-0.2, -0.15) is 0 Å². The van der Waals surface area contributed by atoms with Crippen LogP contribution in [0.2, 0.25) is 0 Å². The Labute approximate surface area is 76.3 Å². The van der Waals surface area contributed by atoms with Gasteiger partial charge in [0.25, 0.3) is 0 Å². The lowest BCUT2D eigenvalue weighted by molar-refractivity contribution is -0.133. The van der Waals surface area contributed by atoms with E-state index in [4.69, 9.17) is 5.11 Å². The van der Waals surface area contributed by atoms with Crippen molar-refractivity contribution in [3.8, 4) is 5.75 Å². The molecule has 0 aromatic heterocycles. The third-order valence-corrected chi connectivity index (χ3v) is 1.65. The molecule has 13 heavy (non-hydrogen) atoms. The Kier molecular flexibility index (Phi) is 2.69. The first-order valence-electron chi connectivity index (χ1n) is 3.72. The predicted octanol–water partition coefficient (Wildman–Crippen LogP) is 1.58. The van der Waals surface area contributed by atoms with Gasteiger partial charge in [-0.05, 0) is 17.7 Å². The lowest BCUT2D eigenvalue weighted by Crippen LogP contribution is -2.02. The number of esters is 1. The van der Waals surface area contributed by atoms with Gasteiger partial charge in [0, 0.05) is 0 Å². The first-order chi connectivity index (χ1) is 6.15. The maximum atomic E-state index is 11.0. The van der Waals surface area contributed by atoms with Crippen LogP contribution in [0.1, 0.15) is 5.56 Å². The molecule has 0 radical (unpaired) electrons. The van der Waals surface area contributed by atoms with Crippen LogP contribution in [-0.4, -0.2) is 18.2 Å². The van der Waals surface area contributed by atoms with Gasteiger partial charge < -0.3 is 9.84 Å². The van der Waals surface area contributed by atoms with E-state index in [1.54, 1.807) is 12.1 Å². The van der Waals surface area contributed by atoms with E-state index in [1.165, 1.54) is 19.2 Å². The van der Waals surface area contributed by atoms with Crippen LogP contribution in [0.4, 0.5) is 0 Å². The van der Waals surface area contributed by atoms with E-state index in [-0.39, 0.29) is 11.3 Å². The highest BCUT2D eigenvalue weighted by atomic mass is 16.5. The quantitative estimate of drug-likeness (QED) is 0.552. The van der Waals surface area contributed by atoms with Gasteiger partial charge in [-0.3, -0.25) is 0 Å². The first-order valence-corrected chi connectivity index (χ1v) is 3.72. The molecule has 0 fully saturated rings. The second-order valence-electron chi connectivity index (χ2n) is 2.52. The fraction of sp³-hybridized carbons (Fsp3) is 0.100. The summed E-state index contributed by atoms with van der Waals surface area (Å²) < 4.78 is 4.50. The largest absolute Gasteiger partial charge is 0.508 e. The molecule has 0 aliphatic carbocycles. The summed E-state index contributed by atoms with van der Waals surface area (Å²) in [7, 11) is 1.30. The highest BCUT2D eigenvalue weighted by Crippen LogP contribution is 2.17. The van der Waals surface area contributed by atoms with E-state index in [2.05, 4.69) is 11.3 Å². The number of hydrogen-bond acceptors (Lipinski definition) is 3. The maximum absolute atomic E-state index is 11.0. The second-order valence-corrected chi connectivity index (χ2v) is 2.52. The van der Waals surface area contributed by atoms with E-state index in [1.807, 2.05) is 0 Å². The molecule has 3 nitrogen and oxygen atoms in total. The van der Waals surface area contributed by atoms with E-state index in [0.29, 0.717) is 5.56 Å². The molecule has 0 aliphatic heterocycles. The molecule has 0 heterocycles. The van der Waals surface area contributed by atoms with Crippen LogP contribution in [-0.2, 0) is 9.53 Å². The average Bonchev–Trinajstić information content (AvgIpc) is 2.17. The summed E-state index contributed by atoms with van der Waals surface area (Å²) in [4.78, 5) is 11.0. The first kappa shape index (κ1) is 9.32.